The van der Waals surface area contributed by atoms with Crippen LogP contribution in [0.25, 0.3) is 0 Å². The molecule has 92 valence electrons. The zero-order valence-corrected chi connectivity index (χ0v) is 9.72. The van der Waals surface area contributed by atoms with Gasteiger partial charge in [0.05, 0.1) is 0 Å². The third kappa shape index (κ3) is 2.52. The van der Waals surface area contributed by atoms with E-state index >= 15 is 0 Å². The third-order valence-corrected chi connectivity index (χ3v) is 3.40. The Labute approximate surface area is 99.0 Å². The van der Waals surface area contributed by atoms with Crippen LogP contribution >= 0.6 is 0 Å². The van der Waals surface area contributed by atoms with Crippen LogP contribution in [0.2, 0.25) is 0 Å². The number of carbonyl (C=O) groups excluding carboxylic acids is 1. The van der Waals surface area contributed by atoms with Gasteiger partial charge in [-0.3, -0.25) is 4.79 Å². The fraction of sp³-hybridized carbons (Fsp3) is 0.462. The summed E-state index contributed by atoms with van der Waals surface area (Å²) in [5.74, 6) is -1.06. The molecule has 1 aromatic carbocycles. The van der Waals surface area contributed by atoms with Crippen LogP contribution in [-0.2, 0) is 11.2 Å². The second-order valence-electron chi connectivity index (χ2n) is 4.82. The van der Waals surface area contributed by atoms with Gasteiger partial charge in [-0.1, -0.05) is 6.92 Å². The van der Waals surface area contributed by atoms with Crippen molar-refractivity contribution in [2.24, 2.45) is 5.41 Å². The van der Waals surface area contributed by atoms with E-state index in [1.165, 1.54) is 0 Å². The first kappa shape index (κ1) is 12.2. The van der Waals surface area contributed by atoms with Crippen molar-refractivity contribution in [2.75, 3.05) is 13.1 Å². The van der Waals surface area contributed by atoms with Crippen molar-refractivity contribution in [3.63, 3.8) is 0 Å². The van der Waals surface area contributed by atoms with Gasteiger partial charge in [0.1, 0.15) is 17.4 Å². The van der Waals surface area contributed by atoms with Crippen LogP contribution < -0.4 is 5.32 Å². The number of Topliss-reactive ketones (excluding diaryl/α,β-unsaturated/α-hetero) is 1. The number of hydrogen-bond acceptors (Lipinski definition) is 2. The molecule has 0 saturated carbocycles. The second-order valence-corrected chi connectivity index (χ2v) is 4.82. The molecule has 2 rings (SSSR count). The molecule has 0 spiro atoms. The molecule has 1 atom stereocenters. The molecule has 0 bridgehead atoms. The van der Waals surface area contributed by atoms with E-state index in [0.29, 0.717) is 6.54 Å². The SMILES string of the molecule is CC1(C(=O)Cc2cc(F)ccc2F)CCNC1. The van der Waals surface area contributed by atoms with Crippen LogP contribution in [0.5, 0.6) is 0 Å². The molecule has 1 unspecified atom stereocenters. The number of carbonyl (C=O) groups is 1. The fourth-order valence-corrected chi connectivity index (χ4v) is 2.12. The van der Waals surface area contributed by atoms with Gasteiger partial charge in [-0.25, -0.2) is 8.78 Å². The minimum Gasteiger partial charge on any atom is -0.316 e. The van der Waals surface area contributed by atoms with E-state index in [9.17, 15) is 13.6 Å². The molecule has 4 heteroatoms. The van der Waals surface area contributed by atoms with Gasteiger partial charge in [0, 0.05) is 18.4 Å². The summed E-state index contributed by atoms with van der Waals surface area (Å²) < 4.78 is 26.4. The highest BCUT2D eigenvalue weighted by Gasteiger charge is 2.35. The van der Waals surface area contributed by atoms with Gasteiger partial charge in [0.25, 0.3) is 0 Å². The second kappa shape index (κ2) is 4.53. The highest BCUT2D eigenvalue weighted by molar-refractivity contribution is 5.87. The van der Waals surface area contributed by atoms with Crippen molar-refractivity contribution in [1.82, 2.24) is 5.32 Å². The number of halogens is 2. The van der Waals surface area contributed by atoms with Gasteiger partial charge >= 0.3 is 0 Å². The number of nitrogens with one attached hydrogen (secondary N) is 1. The number of hydrogen-bond donors (Lipinski definition) is 1. The van der Waals surface area contributed by atoms with Crippen LogP contribution in [0, 0.1) is 17.0 Å². The van der Waals surface area contributed by atoms with Gasteiger partial charge in [0.15, 0.2) is 0 Å². The van der Waals surface area contributed by atoms with Crippen LogP contribution in [0.3, 0.4) is 0 Å². The standard InChI is InChI=1S/C13H15F2NO/c1-13(4-5-16-8-13)12(17)7-9-6-10(14)2-3-11(9)15/h2-3,6,16H,4-5,7-8H2,1H3. The first-order valence-corrected chi connectivity index (χ1v) is 5.69. The number of benzene rings is 1. The number of ketones is 1. The lowest BCUT2D eigenvalue weighted by atomic mass is 9.82. The van der Waals surface area contributed by atoms with Crippen molar-refractivity contribution in [3.8, 4) is 0 Å². The predicted molar refractivity (Wildman–Crippen MR) is 60.7 cm³/mol. The Morgan fingerprint density at radius 1 is 1.47 bits per heavy atom. The summed E-state index contributed by atoms with van der Waals surface area (Å²) in [5.41, 5.74) is -0.304. The highest BCUT2D eigenvalue weighted by Crippen LogP contribution is 2.27. The molecule has 1 aliphatic heterocycles. The predicted octanol–water partition coefficient (Wildman–Crippen LogP) is 2.08. The lowest BCUT2D eigenvalue weighted by Gasteiger charge is -2.20. The average Bonchev–Trinajstić information content (AvgIpc) is 2.72. The van der Waals surface area contributed by atoms with Crippen LogP contribution in [0.4, 0.5) is 8.78 Å². The maximum atomic E-state index is 13.4. The van der Waals surface area contributed by atoms with Gasteiger partial charge < -0.3 is 5.32 Å². The molecule has 0 aliphatic carbocycles. The Hall–Kier alpha value is -1.29. The van der Waals surface area contributed by atoms with Crippen LogP contribution in [0.15, 0.2) is 18.2 Å². The maximum Gasteiger partial charge on any atom is 0.144 e. The van der Waals surface area contributed by atoms with E-state index in [-0.39, 0.29) is 17.8 Å². The van der Waals surface area contributed by atoms with E-state index < -0.39 is 17.0 Å². The topological polar surface area (TPSA) is 29.1 Å². The summed E-state index contributed by atoms with van der Waals surface area (Å²) in [6.07, 6.45) is 0.713. The van der Waals surface area contributed by atoms with Crippen LogP contribution in [-0.4, -0.2) is 18.9 Å². The Kier molecular flexibility index (Phi) is 3.24. The summed E-state index contributed by atoms with van der Waals surface area (Å²) in [6.45, 7) is 3.28. The number of rotatable bonds is 3. The van der Waals surface area contributed by atoms with Crippen molar-refractivity contribution in [2.45, 2.75) is 19.8 Å². The highest BCUT2D eigenvalue weighted by atomic mass is 19.1. The van der Waals surface area contributed by atoms with E-state index in [2.05, 4.69) is 5.32 Å². The third-order valence-electron chi connectivity index (χ3n) is 3.40. The molecule has 1 heterocycles. The minimum absolute atomic E-state index is 0.0352. The van der Waals surface area contributed by atoms with Crippen molar-refractivity contribution < 1.29 is 13.6 Å². The Morgan fingerprint density at radius 3 is 2.88 bits per heavy atom. The Balaban J connectivity index is 2.15. The van der Waals surface area contributed by atoms with Gasteiger partial charge in [-0.2, -0.15) is 0 Å². The molecule has 0 aromatic heterocycles. The molecule has 1 aromatic rings. The normalized spacial score (nSPS) is 23.9. The molecular formula is C13H15F2NO. The van der Waals surface area contributed by atoms with E-state index in [1.54, 1.807) is 0 Å². The molecule has 1 saturated heterocycles. The van der Waals surface area contributed by atoms with Gasteiger partial charge in [-0.15, -0.1) is 0 Å². The van der Waals surface area contributed by atoms with Gasteiger partial charge in [-0.05, 0) is 36.7 Å². The quantitative estimate of drug-likeness (QED) is 0.875. The summed E-state index contributed by atoms with van der Waals surface area (Å²) in [7, 11) is 0. The van der Waals surface area contributed by atoms with E-state index in [1.807, 2.05) is 6.92 Å². The smallest absolute Gasteiger partial charge is 0.144 e. The average molecular weight is 239 g/mol. The molecule has 0 radical (unpaired) electrons. The van der Waals surface area contributed by atoms with Crippen LogP contribution in [0.1, 0.15) is 18.9 Å². The van der Waals surface area contributed by atoms with Gasteiger partial charge in [0.2, 0.25) is 0 Å². The first-order valence-electron chi connectivity index (χ1n) is 5.69. The van der Waals surface area contributed by atoms with E-state index in [0.717, 1.165) is 31.2 Å². The van der Waals surface area contributed by atoms with Crippen molar-refractivity contribution in [3.05, 3.63) is 35.4 Å². The molecule has 2 nitrogen and oxygen atoms in total. The Morgan fingerprint density at radius 2 is 2.24 bits per heavy atom. The molecule has 1 N–H and O–H groups in total. The molecule has 1 fully saturated rings. The fourth-order valence-electron chi connectivity index (χ4n) is 2.12. The summed E-state index contributed by atoms with van der Waals surface area (Å²) in [5, 5.41) is 3.12. The summed E-state index contributed by atoms with van der Waals surface area (Å²) >= 11 is 0. The lowest BCUT2D eigenvalue weighted by Crippen LogP contribution is -2.31. The molecule has 0 amide bonds. The van der Waals surface area contributed by atoms with Crippen molar-refractivity contribution >= 4 is 5.78 Å². The first-order chi connectivity index (χ1) is 8.01. The molecule has 17 heavy (non-hydrogen) atoms. The summed E-state index contributed by atoms with van der Waals surface area (Å²) in [4.78, 5) is 12.1. The molecule has 1 aliphatic rings. The summed E-state index contributed by atoms with van der Waals surface area (Å²) in [6, 6.07) is 3.22. The van der Waals surface area contributed by atoms with Crippen molar-refractivity contribution in [1.29, 1.82) is 0 Å². The largest absolute Gasteiger partial charge is 0.316 e. The zero-order valence-electron chi connectivity index (χ0n) is 9.72. The minimum atomic E-state index is -0.519. The lowest BCUT2D eigenvalue weighted by molar-refractivity contribution is -0.126. The zero-order chi connectivity index (χ0) is 12.5. The maximum absolute atomic E-state index is 13.4. The monoisotopic (exact) mass is 239 g/mol. The molecular weight excluding hydrogens is 224 g/mol. The van der Waals surface area contributed by atoms with E-state index in [4.69, 9.17) is 0 Å². The Bertz CT molecular complexity index is 439.